The van der Waals surface area contributed by atoms with Gasteiger partial charge in [-0.2, -0.15) is 0 Å². The van der Waals surface area contributed by atoms with Gasteiger partial charge in [-0.25, -0.2) is 18.3 Å². The predicted molar refractivity (Wildman–Crippen MR) is 197 cm³/mol. The van der Waals surface area contributed by atoms with Crippen LogP contribution in [0.3, 0.4) is 0 Å². The first kappa shape index (κ1) is 37.8. The van der Waals surface area contributed by atoms with Gasteiger partial charge in [0.25, 0.3) is 0 Å². The first-order valence-corrected chi connectivity index (χ1v) is 17.0. The van der Waals surface area contributed by atoms with E-state index in [2.05, 4.69) is 141 Å². The van der Waals surface area contributed by atoms with Crippen LogP contribution in [0.25, 0.3) is 11.1 Å². The van der Waals surface area contributed by atoms with Crippen LogP contribution in [0.15, 0.2) is 147 Å². The number of benzene rings is 2. The highest BCUT2D eigenvalue weighted by Gasteiger charge is 2.17. The molecule has 0 spiro atoms. The molecule has 0 saturated heterocycles. The molecule has 0 unspecified atom stereocenters. The summed E-state index contributed by atoms with van der Waals surface area (Å²) < 4.78 is 8.59. The van der Waals surface area contributed by atoms with Gasteiger partial charge in [-0.15, -0.1) is 0 Å². The summed E-state index contributed by atoms with van der Waals surface area (Å²) in [5.41, 5.74) is 8.61. The average Bonchev–Trinajstić information content (AvgIpc) is 3.11. The number of aryl methyl sites for hydroxylation is 1. The lowest BCUT2D eigenvalue weighted by molar-refractivity contribution is -0.689. The molecule has 254 valence electrons. The van der Waals surface area contributed by atoms with Crippen molar-refractivity contribution in [2.75, 3.05) is 0 Å². The molecule has 0 fully saturated rings. The Morgan fingerprint density at radius 1 is 0.460 bits per heavy atom. The van der Waals surface area contributed by atoms with E-state index in [1.807, 2.05) is 44.4 Å². The molecule has 2 aromatic carbocycles. The van der Waals surface area contributed by atoms with Crippen molar-refractivity contribution in [1.29, 1.82) is 0 Å². The van der Waals surface area contributed by atoms with Crippen LogP contribution >= 0.6 is 0 Å². The minimum absolute atomic E-state index is 0.502. The van der Waals surface area contributed by atoms with Gasteiger partial charge in [0.15, 0.2) is 75.8 Å². The highest BCUT2D eigenvalue weighted by Crippen LogP contribution is 2.16. The predicted octanol–water partition coefficient (Wildman–Crippen LogP) is 2.80. The monoisotopic (exact) mass is 670 g/mol. The largest absolute Gasteiger partial charge is 0.488 e. The van der Waals surface area contributed by atoms with Crippen LogP contribution in [0.1, 0.15) is 41.7 Å². The lowest BCUT2D eigenvalue weighted by Gasteiger charge is -2.07. The fourth-order valence-corrected chi connectivity index (χ4v) is 5.48. The molecule has 0 saturated carbocycles. The Labute approximate surface area is 296 Å². The van der Waals surface area contributed by atoms with Gasteiger partial charge in [0.1, 0.15) is 0 Å². The maximum Gasteiger partial charge on any atom is 0.488 e. The maximum absolute atomic E-state index is 9.91. The van der Waals surface area contributed by atoms with Crippen molar-refractivity contribution in [2.24, 2.45) is 0 Å². The molecule has 0 amide bonds. The van der Waals surface area contributed by atoms with E-state index in [0.717, 1.165) is 35.3 Å². The van der Waals surface area contributed by atoms with Crippen LogP contribution in [0.2, 0.25) is 6.82 Å². The lowest BCUT2D eigenvalue weighted by Crippen LogP contribution is -2.37. The van der Waals surface area contributed by atoms with Crippen LogP contribution in [0.4, 0.5) is 0 Å². The number of nitrogens with zero attached hydrogens (tertiary/aromatic N) is 4. The molecule has 4 N–H and O–H groups in total. The van der Waals surface area contributed by atoms with E-state index in [9.17, 15) is 10.0 Å². The van der Waals surface area contributed by atoms with Gasteiger partial charge >= 0.3 is 14.2 Å². The van der Waals surface area contributed by atoms with Crippen molar-refractivity contribution in [3.63, 3.8) is 0 Å². The van der Waals surface area contributed by atoms with Crippen molar-refractivity contribution in [2.45, 2.75) is 53.8 Å². The first-order chi connectivity index (χ1) is 24.2. The Balaban J connectivity index is 0.000000875. The van der Waals surface area contributed by atoms with E-state index in [1.54, 1.807) is 0 Å². The van der Waals surface area contributed by atoms with Crippen molar-refractivity contribution >= 4 is 19.7 Å². The number of hydrogen-bond acceptors (Lipinski definition) is 4. The molecule has 0 radical (unpaired) electrons. The van der Waals surface area contributed by atoms with Crippen LogP contribution in [0, 0.1) is 6.92 Å². The molecule has 8 nitrogen and oxygen atoms in total. The van der Waals surface area contributed by atoms with Crippen molar-refractivity contribution in [3.05, 3.63) is 174 Å². The van der Waals surface area contributed by atoms with E-state index in [1.165, 1.54) is 23.5 Å². The van der Waals surface area contributed by atoms with Gasteiger partial charge in [0, 0.05) is 70.8 Å². The number of hydrogen-bond donors (Lipinski definition) is 4. The lowest BCUT2D eigenvalue weighted by atomic mass is 9.78. The third-order valence-electron chi connectivity index (χ3n) is 7.78. The molecular weight excluding hydrogens is 622 g/mol. The molecule has 0 bridgehead atoms. The first-order valence-electron chi connectivity index (χ1n) is 17.0. The minimum atomic E-state index is -1.51. The molecule has 6 rings (SSSR count). The smallest absolute Gasteiger partial charge is 0.427 e. The summed E-state index contributed by atoms with van der Waals surface area (Å²) in [7, 11) is -2.68. The van der Waals surface area contributed by atoms with Gasteiger partial charge in [-0.1, -0.05) is 50.2 Å². The van der Waals surface area contributed by atoms with Crippen molar-refractivity contribution in [1.82, 2.24) is 0 Å². The Hall–Kier alpha value is -4.99. The standard InChI is InChI=1S/C37H37BN4O2.C2H6.CH5BO2/c1-30-8-16-40(17-9-30)28-33-23-34(25-37(24-33)38(43)44)29-42-20-12-36(13-21-42)35-10-18-41(19-11-35)27-32-7-5-6-31(22-32)26-39-14-3-2-4-15-39;1-2;1-2(3)4/h2-25,43-44H,26-29H2,1H3;1-2H3;3-4H,1H3/q+4;;. The van der Waals surface area contributed by atoms with Gasteiger partial charge in [-0.05, 0) is 48.0 Å². The summed E-state index contributed by atoms with van der Waals surface area (Å²) in [6.45, 7) is 10.3. The summed E-state index contributed by atoms with van der Waals surface area (Å²) in [5.74, 6) is 0. The van der Waals surface area contributed by atoms with Gasteiger partial charge < -0.3 is 20.1 Å². The highest BCUT2D eigenvalue weighted by atomic mass is 16.4. The molecule has 50 heavy (non-hydrogen) atoms. The SMILES string of the molecule is CB(O)O.CC.Cc1cc[n+](Cc2cc(C[n+]3ccc(-c4cc[n+](Cc5cccc(C[n+]6ccccc6)c5)cc4)cc3)cc(B(O)O)c2)cc1. The van der Waals surface area contributed by atoms with Crippen LogP contribution in [-0.4, -0.2) is 34.3 Å². The van der Waals surface area contributed by atoms with Crippen LogP contribution in [-0.2, 0) is 26.2 Å². The number of rotatable bonds is 10. The van der Waals surface area contributed by atoms with Crippen molar-refractivity contribution in [3.8, 4) is 11.1 Å². The molecule has 0 aliphatic heterocycles. The summed E-state index contributed by atoms with van der Waals surface area (Å²) in [6, 6.07) is 33.5. The quantitative estimate of drug-likeness (QED) is 0.133. The highest BCUT2D eigenvalue weighted by molar-refractivity contribution is 6.58. The third-order valence-corrected chi connectivity index (χ3v) is 7.78. The molecule has 0 atom stereocenters. The van der Waals surface area contributed by atoms with E-state index in [4.69, 9.17) is 10.0 Å². The molecule has 0 aliphatic carbocycles. The number of aromatic nitrogens is 4. The molecular formula is C40H48B2N4O4+4. The van der Waals surface area contributed by atoms with E-state index in [0.29, 0.717) is 18.6 Å². The van der Waals surface area contributed by atoms with E-state index in [-0.39, 0.29) is 0 Å². The molecule has 0 aliphatic rings. The Morgan fingerprint density at radius 3 is 1.24 bits per heavy atom. The van der Waals surface area contributed by atoms with Crippen molar-refractivity contribution < 1.29 is 38.4 Å². The molecule has 4 aromatic heterocycles. The second kappa shape index (κ2) is 19.3. The average molecular weight is 670 g/mol. The zero-order valence-corrected chi connectivity index (χ0v) is 29.4. The Morgan fingerprint density at radius 2 is 0.820 bits per heavy atom. The fourth-order valence-electron chi connectivity index (χ4n) is 5.48. The topological polar surface area (TPSA) is 96.4 Å². The van der Waals surface area contributed by atoms with Gasteiger partial charge in [-0.3, -0.25) is 0 Å². The second-order valence-electron chi connectivity index (χ2n) is 12.0. The minimum Gasteiger partial charge on any atom is -0.427 e. The van der Waals surface area contributed by atoms with Gasteiger partial charge in [0.05, 0.1) is 0 Å². The normalized spacial score (nSPS) is 10.3. The molecule has 6 aromatic rings. The third kappa shape index (κ3) is 12.2. The molecule has 10 heteroatoms. The fraction of sp³-hybridized carbons (Fsp3) is 0.200. The second-order valence-corrected chi connectivity index (χ2v) is 12.0. The zero-order valence-electron chi connectivity index (χ0n) is 29.4. The summed E-state index contributed by atoms with van der Waals surface area (Å²) in [6.07, 6.45) is 16.7. The summed E-state index contributed by atoms with van der Waals surface area (Å²) in [5, 5.41) is 35.0. The number of pyridine rings is 4. The van der Waals surface area contributed by atoms with Crippen LogP contribution in [0.5, 0.6) is 0 Å². The van der Waals surface area contributed by atoms with Gasteiger partial charge in [0.2, 0.25) is 0 Å². The maximum atomic E-state index is 9.91. The van der Waals surface area contributed by atoms with E-state index < -0.39 is 14.2 Å². The summed E-state index contributed by atoms with van der Waals surface area (Å²) in [4.78, 5) is 0. The van der Waals surface area contributed by atoms with E-state index >= 15 is 0 Å². The van der Waals surface area contributed by atoms with Crippen LogP contribution < -0.4 is 23.7 Å². The Kier molecular flexibility index (Phi) is 14.6. The molecule has 4 heterocycles. The Bertz CT molecular complexity index is 1890. The summed E-state index contributed by atoms with van der Waals surface area (Å²) >= 11 is 0. The zero-order chi connectivity index (χ0) is 35.9.